The van der Waals surface area contributed by atoms with Crippen molar-refractivity contribution >= 4 is 11.6 Å². The van der Waals surface area contributed by atoms with Gasteiger partial charge in [0.25, 0.3) is 5.91 Å². The van der Waals surface area contributed by atoms with Crippen LogP contribution >= 0.6 is 0 Å². The summed E-state index contributed by atoms with van der Waals surface area (Å²) in [7, 11) is 0. The number of hydrogen-bond acceptors (Lipinski definition) is 4. The molecule has 0 aliphatic heterocycles. The van der Waals surface area contributed by atoms with E-state index >= 15 is 0 Å². The number of anilines is 1. The second-order valence-electron chi connectivity index (χ2n) is 6.57. The van der Waals surface area contributed by atoms with Crippen LogP contribution in [0.15, 0.2) is 47.1 Å². The quantitative estimate of drug-likeness (QED) is 0.765. The largest absolute Gasteiger partial charge is 0.467 e. The molecule has 1 aromatic heterocycles. The molecule has 2 unspecified atom stereocenters. The number of aliphatic hydroxyl groups excluding tert-OH is 1. The first kappa shape index (κ1) is 19.1. The minimum Gasteiger partial charge on any atom is -0.467 e. The summed E-state index contributed by atoms with van der Waals surface area (Å²) in [4.78, 5) is 14.6. The van der Waals surface area contributed by atoms with E-state index in [1.807, 2.05) is 31.2 Å². The van der Waals surface area contributed by atoms with Gasteiger partial charge in [0.1, 0.15) is 11.9 Å². The fourth-order valence-corrected chi connectivity index (χ4v) is 2.95. The lowest BCUT2D eigenvalue weighted by molar-refractivity contribution is 0.0903. The van der Waals surface area contributed by atoms with Gasteiger partial charge in [0, 0.05) is 36.3 Å². The average molecular weight is 344 g/mol. The Morgan fingerprint density at radius 1 is 1.20 bits per heavy atom. The Balaban J connectivity index is 1.94. The number of benzene rings is 1. The van der Waals surface area contributed by atoms with Crippen molar-refractivity contribution in [1.29, 1.82) is 0 Å². The van der Waals surface area contributed by atoms with Gasteiger partial charge in [0.2, 0.25) is 0 Å². The van der Waals surface area contributed by atoms with Crippen molar-refractivity contribution < 1.29 is 14.3 Å². The molecule has 0 radical (unpaired) electrons. The van der Waals surface area contributed by atoms with Crippen LogP contribution in [-0.2, 0) is 0 Å². The number of carbonyl (C=O) groups is 1. The third kappa shape index (κ3) is 5.10. The van der Waals surface area contributed by atoms with Crippen molar-refractivity contribution in [3.63, 3.8) is 0 Å². The Morgan fingerprint density at radius 2 is 1.88 bits per heavy atom. The van der Waals surface area contributed by atoms with E-state index in [0.29, 0.717) is 23.8 Å². The predicted molar refractivity (Wildman–Crippen MR) is 99.8 cm³/mol. The summed E-state index contributed by atoms with van der Waals surface area (Å²) in [6.45, 7) is 9.21. The second kappa shape index (κ2) is 8.72. The molecule has 2 N–H and O–H groups in total. The lowest BCUT2D eigenvalue weighted by Gasteiger charge is -2.27. The van der Waals surface area contributed by atoms with E-state index in [9.17, 15) is 9.90 Å². The number of carbonyl (C=O) groups excluding carboxylic acids is 1. The van der Waals surface area contributed by atoms with Gasteiger partial charge in [0.15, 0.2) is 0 Å². The van der Waals surface area contributed by atoms with Crippen molar-refractivity contribution in [2.24, 2.45) is 0 Å². The van der Waals surface area contributed by atoms with Crippen LogP contribution in [-0.4, -0.2) is 29.6 Å². The van der Waals surface area contributed by atoms with Gasteiger partial charge in [-0.25, -0.2) is 0 Å². The molecule has 2 rings (SSSR count). The van der Waals surface area contributed by atoms with Gasteiger partial charge in [-0.2, -0.15) is 0 Å². The molecule has 0 spiro atoms. The topological polar surface area (TPSA) is 65.7 Å². The minimum atomic E-state index is -0.725. The van der Waals surface area contributed by atoms with E-state index in [4.69, 9.17) is 4.42 Å². The van der Waals surface area contributed by atoms with E-state index < -0.39 is 6.10 Å². The van der Waals surface area contributed by atoms with Crippen molar-refractivity contribution in [1.82, 2.24) is 5.32 Å². The minimum absolute atomic E-state index is 0.140. The smallest absolute Gasteiger partial charge is 0.251 e. The fourth-order valence-electron chi connectivity index (χ4n) is 2.95. The summed E-state index contributed by atoms with van der Waals surface area (Å²) in [5.74, 6) is 0.372. The first-order chi connectivity index (χ1) is 11.9. The maximum Gasteiger partial charge on any atom is 0.251 e. The Morgan fingerprint density at radius 3 is 2.40 bits per heavy atom. The molecule has 2 atom stereocenters. The molecule has 0 saturated heterocycles. The molecule has 1 aromatic carbocycles. The number of aliphatic hydroxyl groups is 1. The highest BCUT2D eigenvalue weighted by Gasteiger charge is 2.17. The van der Waals surface area contributed by atoms with Crippen LogP contribution < -0.4 is 10.2 Å². The van der Waals surface area contributed by atoms with Crippen LogP contribution in [0.5, 0.6) is 0 Å². The molecule has 1 amide bonds. The van der Waals surface area contributed by atoms with Gasteiger partial charge < -0.3 is 19.7 Å². The molecule has 5 nitrogen and oxygen atoms in total. The summed E-state index contributed by atoms with van der Waals surface area (Å²) in [6.07, 6.45) is 1.20. The summed E-state index contributed by atoms with van der Waals surface area (Å²) >= 11 is 0. The monoisotopic (exact) mass is 344 g/mol. The molecule has 136 valence electrons. The molecule has 0 saturated carbocycles. The second-order valence-corrected chi connectivity index (χ2v) is 6.57. The predicted octanol–water partition coefficient (Wildman–Crippen LogP) is 3.76. The zero-order valence-electron chi connectivity index (χ0n) is 15.4. The molecule has 2 aromatic rings. The number of nitrogens with zero attached hydrogens (tertiary/aromatic N) is 1. The Hall–Kier alpha value is -2.27. The fraction of sp³-hybridized carbons (Fsp3) is 0.450. The van der Waals surface area contributed by atoms with Crippen LogP contribution in [0.25, 0.3) is 0 Å². The number of rotatable bonds is 8. The summed E-state index contributed by atoms with van der Waals surface area (Å²) in [6, 6.07) is 11.3. The van der Waals surface area contributed by atoms with Gasteiger partial charge in [-0.1, -0.05) is 0 Å². The molecule has 5 heteroatoms. The highest BCUT2D eigenvalue weighted by Crippen LogP contribution is 2.20. The summed E-state index contributed by atoms with van der Waals surface area (Å²) < 4.78 is 5.18. The Kier molecular flexibility index (Phi) is 6.65. The maximum atomic E-state index is 12.4. The van der Waals surface area contributed by atoms with Crippen LogP contribution in [0, 0.1) is 0 Å². The SMILES string of the molecule is CCN(c1ccc(C(=O)NC(C)CC(O)c2ccco2)cc1)C(C)C. The number of hydrogen-bond donors (Lipinski definition) is 2. The van der Waals surface area contributed by atoms with E-state index in [0.717, 1.165) is 12.2 Å². The van der Waals surface area contributed by atoms with E-state index in [-0.39, 0.29) is 11.9 Å². The molecule has 0 aliphatic carbocycles. The van der Waals surface area contributed by atoms with Crippen LogP contribution in [0.4, 0.5) is 5.69 Å². The zero-order chi connectivity index (χ0) is 18.4. The van der Waals surface area contributed by atoms with Gasteiger partial charge >= 0.3 is 0 Å². The Labute approximate surface area is 149 Å². The molecule has 0 aliphatic rings. The van der Waals surface area contributed by atoms with Crippen LogP contribution in [0.2, 0.25) is 0 Å². The van der Waals surface area contributed by atoms with Gasteiger partial charge in [0.05, 0.1) is 6.26 Å². The van der Waals surface area contributed by atoms with Gasteiger partial charge in [-0.15, -0.1) is 0 Å². The first-order valence-corrected chi connectivity index (χ1v) is 8.81. The molecule has 0 fully saturated rings. The lowest BCUT2D eigenvalue weighted by atomic mass is 10.1. The van der Waals surface area contributed by atoms with E-state index in [1.165, 1.54) is 6.26 Å². The third-order valence-corrected chi connectivity index (χ3v) is 4.25. The van der Waals surface area contributed by atoms with Crippen LogP contribution in [0.1, 0.15) is 56.3 Å². The first-order valence-electron chi connectivity index (χ1n) is 8.81. The van der Waals surface area contributed by atoms with Crippen LogP contribution in [0.3, 0.4) is 0 Å². The van der Waals surface area contributed by atoms with E-state index in [1.54, 1.807) is 12.1 Å². The molecular formula is C20H28N2O3. The molecule has 1 heterocycles. The zero-order valence-corrected chi connectivity index (χ0v) is 15.4. The summed E-state index contributed by atoms with van der Waals surface area (Å²) in [5, 5.41) is 13.0. The average Bonchev–Trinajstić information content (AvgIpc) is 3.10. The highest BCUT2D eigenvalue weighted by molar-refractivity contribution is 5.94. The molecule has 25 heavy (non-hydrogen) atoms. The molecular weight excluding hydrogens is 316 g/mol. The number of amides is 1. The van der Waals surface area contributed by atoms with Crippen molar-refractivity contribution in [2.45, 2.75) is 52.3 Å². The highest BCUT2D eigenvalue weighted by atomic mass is 16.4. The van der Waals surface area contributed by atoms with Crippen molar-refractivity contribution in [2.75, 3.05) is 11.4 Å². The standard InChI is InChI=1S/C20H28N2O3/c1-5-22(14(2)3)17-10-8-16(9-11-17)20(24)21-15(4)13-18(23)19-7-6-12-25-19/h6-12,14-15,18,23H,5,13H2,1-4H3,(H,21,24). The summed E-state index contributed by atoms with van der Waals surface area (Å²) in [5.41, 5.74) is 1.72. The normalized spacial score (nSPS) is 13.5. The lowest BCUT2D eigenvalue weighted by Crippen LogP contribution is -2.34. The maximum absolute atomic E-state index is 12.4. The van der Waals surface area contributed by atoms with E-state index in [2.05, 4.69) is 31.0 Å². The number of nitrogens with one attached hydrogen (secondary N) is 1. The molecule has 0 bridgehead atoms. The van der Waals surface area contributed by atoms with Crippen molar-refractivity contribution in [3.05, 3.63) is 54.0 Å². The van der Waals surface area contributed by atoms with Crippen molar-refractivity contribution in [3.8, 4) is 0 Å². The van der Waals surface area contributed by atoms with Gasteiger partial charge in [-0.3, -0.25) is 4.79 Å². The number of furan rings is 1. The third-order valence-electron chi connectivity index (χ3n) is 4.25. The Bertz CT molecular complexity index is 650. The van der Waals surface area contributed by atoms with Gasteiger partial charge in [-0.05, 0) is 64.1 Å².